The summed E-state index contributed by atoms with van der Waals surface area (Å²) < 4.78 is 0. The Balaban J connectivity index is 1.68. The molecule has 2 aromatic carbocycles. The molecule has 0 spiro atoms. The summed E-state index contributed by atoms with van der Waals surface area (Å²) >= 11 is 5.96. The molecular weight excluding hydrogens is 380 g/mol. The van der Waals surface area contributed by atoms with Gasteiger partial charge in [0.1, 0.15) is 6.04 Å². The first-order chi connectivity index (χ1) is 13.5. The van der Waals surface area contributed by atoms with Crippen molar-refractivity contribution in [3.8, 4) is 11.1 Å². The highest BCUT2D eigenvalue weighted by Gasteiger charge is 2.40. The lowest BCUT2D eigenvalue weighted by atomic mass is 10.0. The monoisotopic (exact) mass is 399 g/mol. The lowest BCUT2D eigenvalue weighted by Gasteiger charge is -2.38. The normalized spacial score (nSPS) is 18.9. The van der Waals surface area contributed by atoms with Crippen LogP contribution in [0.4, 0.5) is 5.69 Å². The first kappa shape index (κ1) is 18.5. The molecule has 2 aliphatic rings. The Morgan fingerprint density at radius 1 is 1.11 bits per heavy atom. The van der Waals surface area contributed by atoms with Gasteiger partial charge in [-0.15, -0.1) is 0 Å². The van der Waals surface area contributed by atoms with Crippen LogP contribution in [0.1, 0.15) is 10.4 Å². The molecule has 4 rings (SSSR count). The number of carbonyl (C=O) groups excluding carboxylic acids is 3. The van der Waals surface area contributed by atoms with Gasteiger partial charge in [0.15, 0.2) is 6.54 Å². The summed E-state index contributed by atoms with van der Waals surface area (Å²) in [5.74, 6) is -0.615. The van der Waals surface area contributed by atoms with E-state index in [0.29, 0.717) is 29.4 Å². The van der Waals surface area contributed by atoms with Crippen LogP contribution in [0.25, 0.3) is 11.1 Å². The molecule has 0 bridgehead atoms. The van der Waals surface area contributed by atoms with Crippen molar-refractivity contribution in [1.82, 2.24) is 9.80 Å². The van der Waals surface area contributed by atoms with Gasteiger partial charge in [0.25, 0.3) is 11.8 Å². The molecule has 28 heavy (non-hydrogen) atoms. The second kappa shape index (κ2) is 7.26. The summed E-state index contributed by atoms with van der Waals surface area (Å²) in [4.78, 5) is 41.1. The maximum absolute atomic E-state index is 13.2. The largest absolute Gasteiger partial charge is 0.350 e. The van der Waals surface area contributed by atoms with E-state index in [9.17, 15) is 14.4 Å². The van der Waals surface area contributed by atoms with Crippen molar-refractivity contribution < 1.29 is 20.1 Å². The van der Waals surface area contributed by atoms with Crippen LogP contribution in [-0.4, -0.2) is 59.7 Å². The van der Waals surface area contributed by atoms with E-state index in [2.05, 4.69) is 11.1 Å². The van der Waals surface area contributed by atoms with Crippen LogP contribution in [0.3, 0.4) is 0 Å². The molecule has 1 saturated heterocycles. The van der Waals surface area contributed by atoms with Gasteiger partial charge in [-0.2, -0.15) is 0 Å². The zero-order valence-electron chi connectivity index (χ0n) is 15.2. The van der Waals surface area contributed by atoms with Crippen molar-refractivity contribution >= 4 is 35.0 Å². The lowest BCUT2D eigenvalue weighted by molar-refractivity contribution is -0.357. The zero-order chi connectivity index (χ0) is 19.8. The van der Waals surface area contributed by atoms with E-state index in [1.807, 2.05) is 18.2 Å². The fraction of sp³-hybridized carbons (Fsp3) is 0.250. The molecule has 0 aromatic heterocycles. The number of halogens is 1. The average Bonchev–Trinajstić information content (AvgIpc) is 2.82. The minimum absolute atomic E-state index is 0.119. The second-order valence-corrected chi connectivity index (χ2v) is 7.30. The van der Waals surface area contributed by atoms with Crippen LogP contribution in [0.5, 0.6) is 0 Å². The maximum Gasteiger partial charge on any atom is 0.277 e. The highest BCUT2D eigenvalue weighted by Crippen LogP contribution is 2.30. The molecule has 0 saturated carbocycles. The predicted molar refractivity (Wildman–Crippen MR) is 105 cm³/mol. The van der Waals surface area contributed by atoms with Crippen LogP contribution in [0.2, 0.25) is 5.02 Å². The first-order valence-electron chi connectivity index (χ1n) is 9.07. The van der Waals surface area contributed by atoms with Gasteiger partial charge >= 0.3 is 0 Å². The minimum atomic E-state index is -0.705. The highest BCUT2D eigenvalue weighted by molar-refractivity contribution is 6.30. The molecule has 7 nitrogen and oxygen atoms in total. The molecule has 0 aliphatic carbocycles. The minimum Gasteiger partial charge on any atom is -0.350 e. The quantitative estimate of drug-likeness (QED) is 0.783. The summed E-state index contributed by atoms with van der Waals surface area (Å²) in [6.45, 7) is 1.03. The van der Waals surface area contributed by atoms with Gasteiger partial charge in [0.05, 0.1) is 17.8 Å². The van der Waals surface area contributed by atoms with Gasteiger partial charge in [0, 0.05) is 18.1 Å². The number of anilines is 1. The van der Waals surface area contributed by atoms with Gasteiger partial charge in [-0.3, -0.25) is 14.4 Å². The van der Waals surface area contributed by atoms with Gasteiger partial charge in [-0.25, -0.2) is 0 Å². The lowest BCUT2D eigenvalue weighted by Crippen LogP contribution is -2.64. The fourth-order valence-electron chi connectivity index (χ4n) is 3.66. The van der Waals surface area contributed by atoms with Gasteiger partial charge < -0.3 is 20.9 Å². The average molecular weight is 400 g/mol. The van der Waals surface area contributed by atoms with E-state index in [1.54, 1.807) is 34.1 Å². The third-order valence-corrected chi connectivity index (χ3v) is 5.45. The number of nitrogens with one attached hydrogen (secondary N) is 1. The highest BCUT2D eigenvalue weighted by atomic mass is 35.5. The van der Waals surface area contributed by atoms with Crippen molar-refractivity contribution in [1.29, 1.82) is 0 Å². The summed E-state index contributed by atoms with van der Waals surface area (Å²) in [5, 5.41) is 3.48. The van der Waals surface area contributed by atoms with Crippen molar-refractivity contribution in [2.24, 2.45) is 0 Å². The molecule has 4 N–H and O–H groups in total. The fourth-order valence-corrected chi connectivity index (χ4v) is 3.78. The van der Waals surface area contributed by atoms with Crippen LogP contribution in [0, 0.1) is 0 Å². The number of amides is 3. The van der Waals surface area contributed by atoms with Crippen molar-refractivity contribution in [2.45, 2.75) is 6.04 Å². The van der Waals surface area contributed by atoms with Gasteiger partial charge in [0.2, 0.25) is 5.91 Å². The van der Waals surface area contributed by atoms with Crippen molar-refractivity contribution in [3.63, 3.8) is 0 Å². The predicted octanol–water partition coefficient (Wildman–Crippen LogP) is 0.854. The number of hydrogen-bond donors (Lipinski definition) is 2. The summed E-state index contributed by atoms with van der Waals surface area (Å²) in [5.41, 5.74) is 6.33. The van der Waals surface area contributed by atoms with Crippen LogP contribution in [0.15, 0.2) is 42.5 Å². The smallest absolute Gasteiger partial charge is 0.277 e. The van der Waals surface area contributed by atoms with E-state index in [0.717, 1.165) is 11.1 Å². The van der Waals surface area contributed by atoms with Gasteiger partial charge in [-0.1, -0.05) is 29.8 Å². The second-order valence-electron chi connectivity index (χ2n) is 6.86. The summed E-state index contributed by atoms with van der Waals surface area (Å²) in [7, 11) is 0. The van der Waals surface area contributed by atoms with Crippen LogP contribution >= 0.6 is 11.6 Å². The molecule has 2 aromatic rings. The van der Waals surface area contributed by atoms with Gasteiger partial charge in [-0.05, 0) is 35.4 Å². The molecule has 1 atom stereocenters. The molecule has 2 heterocycles. The zero-order valence-corrected chi connectivity index (χ0v) is 15.9. The van der Waals surface area contributed by atoms with Crippen molar-refractivity contribution in [2.75, 3.05) is 31.5 Å². The van der Waals surface area contributed by atoms with Crippen LogP contribution in [-0.2, 0) is 9.59 Å². The molecular formula is C20H20ClN4O3+. The third-order valence-electron chi connectivity index (χ3n) is 5.20. The Bertz CT molecular complexity index is 960. The summed E-state index contributed by atoms with van der Waals surface area (Å²) in [6, 6.07) is 12.0. The Kier molecular flexibility index (Phi) is 4.78. The Morgan fingerprint density at radius 2 is 1.82 bits per heavy atom. The van der Waals surface area contributed by atoms with E-state index in [-0.39, 0.29) is 30.8 Å². The van der Waals surface area contributed by atoms with Crippen molar-refractivity contribution in [3.05, 3.63) is 53.1 Å². The SMILES string of the molecule is [NH3+]CC(=O)N1CCN2C(=O)c3cc(-c4ccc(Cl)cc4)ccc3NC(=O)[C@@H]2C1. The number of nitrogens with zero attached hydrogens (tertiary/aromatic N) is 2. The molecule has 1 fully saturated rings. The summed E-state index contributed by atoms with van der Waals surface area (Å²) in [6.07, 6.45) is 0. The van der Waals surface area contributed by atoms with E-state index in [4.69, 9.17) is 11.6 Å². The Morgan fingerprint density at radius 3 is 2.54 bits per heavy atom. The standard InChI is InChI=1S/C20H19ClN4O3/c21-14-4-1-12(2-5-14)13-3-6-16-15(9-13)20(28)25-8-7-24(18(26)10-22)11-17(25)19(27)23-16/h1-6,9,17H,7-8,10-11,22H2,(H,23,27)/p+1/t17-/m0/s1. The Labute approximate surface area is 167 Å². The van der Waals surface area contributed by atoms with E-state index >= 15 is 0 Å². The number of carbonyl (C=O) groups is 3. The third kappa shape index (κ3) is 3.23. The molecule has 8 heteroatoms. The number of piperazine rings is 1. The molecule has 2 aliphatic heterocycles. The number of rotatable bonds is 2. The number of benzene rings is 2. The molecule has 0 unspecified atom stereocenters. The van der Waals surface area contributed by atoms with E-state index in [1.165, 1.54) is 0 Å². The molecule has 3 amide bonds. The maximum atomic E-state index is 13.2. The number of fused-ring (bicyclic) bond motifs is 2. The Hall–Kier alpha value is -2.90. The van der Waals surface area contributed by atoms with E-state index < -0.39 is 6.04 Å². The van der Waals surface area contributed by atoms with Crippen LogP contribution < -0.4 is 11.1 Å². The number of quaternary nitrogens is 1. The first-order valence-corrected chi connectivity index (χ1v) is 9.44. The molecule has 144 valence electrons. The topological polar surface area (TPSA) is 97.4 Å². The molecule has 0 radical (unpaired) electrons. The number of hydrogen-bond acceptors (Lipinski definition) is 3.